The van der Waals surface area contributed by atoms with Gasteiger partial charge in [0.1, 0.15) is 17.3 Å². The summed E-state index contributed by atoms with van der Waals surface area (Å²) in [6.07, 6.45) is 0. The number of ether oxygens (including phenoxy) is 2. The smallest absolute Gasteiger partial charge is 0.234 e. The third-order valence-electron chi connectivity index (χ3n) is 4.79. The lowest BCUT2D eigenvalue weighted by atomic mass is 10.2. The van der Waals surface area contributed by atoms with Crippen LogP contribution >= 0.6 is 11.8 Å². The van der Waals surface area contributed by atoms with E-state index in [-0.39, 0.29) is 17.3 Å². The first kappa shape index (κ1) is 22.3. The fourth-order valence-corrected chi connectivity index (χ4v) is 3.96. The largest absolute Gasteiger partial charge is 0.497 e. The third kappa shape index (κ3) is 4.98. The predicted molar refractivity (Wildman–Crippen MR) is 126 cm³/mol. The van der Waals surface area contributed by atoms with E-state index in [2.05, 4.69) is 15.5 Å². The molecule has 168 valence electrons. The number of methoxy groups -OCH3 is 2. The van der Waals surface area contributed by atoms with Gasteiger partial charge in [-0.05, 0) is 48.5 Å². The van der Waals surface area contributed by atoms with Gasteiger partial charge >= 0.3 is 0 Å². The molecule has 9 heteroatoms. The van der Waals surface area contributed by atoms with Crippen LogP contribution in [0.25, 0.3) is 17.1 Å². The maximum Gasteiger partial charge on any atom is 0.234 e. The molecule has 0 saturated heterocycles. The van der Waals surface area contributed by atoms with E-state index in [9.17, 15) is 9.18 Å². The van der Waals surface area contributed by atoms with Crippen molar-refractivity contribution in [3.8, 4) is 28.6 Å². The number of amides is 1. The van der Waals surface area contributed by atoms with Crippen molar-refractivity contribution in [1.82, 2.24) is 14.8 Å². The number of aromatic nitrogens is 3. The second kappa shape index (κ2) is 10.2. The van der Waals surface area contributed by atoms with Gasteiger partial charge in [0.2, 0.25) is 5.91 Å². The molecule has 0 bridgehead atoms. The number of carbonyl (C=O) groups excluding carboxylic acids is 1. The minimum atomic E-state index is -0.490. The Hall–Kier alpha value is -3.85. The Kier molecular flexibility index (Phi) is 6.89. The SMILES string of the molecule is COc1ccc(-n2c(SCC(=O)Nc3ccccc3F)nnc2-c2ccccc2OC)cc1. The highest BCUT2D eigenvalue weighted by atomic mass is 32.2. The van der Waals surface area contributed by atoms with E-state index in [4.69, 9.17) is 9.47 Å². The molecule has 1 aromatic heterocycles. The molecule has 0 unspecified atom stereocenters. The quantitative estimate of drug-likeness (QED) is 0.377. The summed E-state index contributed by atoms with van der Waals surface area (Å²) < 4.78 is 26.5. The van der Waals surface area contributed by atoms with Gasteiger partial charge in [0.25, 0.3) is 0 Å². The number of benzene rings is 3. The van der Waals surface area contributed by atoms with Gasteiger partial charge in [-0.2, -0.15) is 0 Å². The molecule has 0 radical (unpaired) electrons. The summed E-state index contributed by atoms with van der Waals surface area (Å²) in [4.78, 5) is 12.5. The molecule has 0 aliphatic rings. The highest BCUT2D eigenvalue weighted by Gasteiger charge is 2.20. The molecule has 0 aliphatic carbocycles. The lowest BCUT2D eigenvalue weighted by Crippen LogP contribution is -2.15. The summed E-state index contributed by atoms with van der Waals surface area (Å²) in [7, 11) is 3.19. The number of nitrogens with one attached hydrogen (secondary N) is 1. The fourth-order valence-electron chi connectivity index (χ4n) is 3.21. The molecule has 1 amide bonds. The molecule has 33 heavy (non-hydrogen) atoms. The second-order valence-electron chi connectivity index (χ2n) is 6.86. The molecule has 0 atom stereocenters. The average Bonchev–Trinajstić information content (AvgIpc) is 3.28. The zero-order chi connectivity index (χ0) is 23.2. The number of thioether (sulfide) groups is 1. The molecule has 7 nitrogen and oxygen atoms in total. The van der Waals surface area contributed by atoms with Crippen molar-refractivity contribution in [3.63, 3.8) is 0 Å². The maximum absolute atomic E-state index is 13.9. The number of halogens is 1. The summed E-state index contributed by atoms with van der Waals surface area (Å²) in [6.45, 7) is 0. The van der Waals surface area contributed by atoms with E-state index >= 15 is 0 Å². The van der Waals surface area contributed by atoms with Crippen molar-refractivity contribution in [2.75, 3.05) is 25.3 Å². The lowest BCUT2D eigenvalue weighted by molar-refractivity contribution is -0.113. The topological polar surface area (TPSA) is 78.3 Å². The first-order chi connectivity index (χ1) is 16.1. The summed E-state index contributed by atoms with van der Waals surface area (Å²) in [6, 6.07) is 21.0. The summed E-state index contributed by atoms with van der Waals surface area (Å²) in [5, 5.41) is 11.8. The predicted octanol–water partition coefficient (Wildman–Crippen LogP) is 4.82. The number of carbonyl (C=O) groups is 1. The molecule has 1 heterocycles. The van der Waals surface area contributed by atoms with Crippen LogP contribution in [0.4, 0.5) is 10.1 Å². The lowest BCUT2D eigenvalue weighted by Gasteiger charge is -2.13. The summed E-state index contributed by atoms with van der Waals surface area (Å²) >= 11 is 1.20. The number of hydrogen-bond donors (Lipinski definition) is 1. The van der Waals surface area contributed by atoms with Crippen LogP contribution in [0.2, 0.25) is 0 Å². The fraction of sp³-hybridized carbons (Fsp3) is 0.125. The highest BCUT2D eigenvalue weighted by molar-refractivity contribution is 7.99. The van der Waals surface area contributed by atoms with Gasteiger partial charge in [0, 0.05) is 0 Å². The molecule has 1 N–H and O–H groups in total. The Morgan fingerprint density at radius 1 is 0.970 bits per heavy atom. The van der Waals surface area contributed by atoms with Crippen LogP contribution in [0.1, 0.15) is 0 Å². The van der Waals surface area contributed by atoms with Crippen molar-refractivity contribution in [1.29, 1.82) is 0 Å². The van der Waals surface area contributed by atoms with E-state index in [0.29, 0.717) is 22.5 Å². The van der Waals surface area contributed by atoms with Gasteiger partial charge in [-0.3, -0.25) is 9.36 Å². The Bertz CT molecular complexity index is 1260. The monoisotopic (exact) mass is 464 g/mol. The Labute approximate surface area is 194 Å². The Morgan fingerprint density at radius 2 is 1.70 bits per heavy atom. The molecule has 0 saturated carbocycles. The zero-order valence-electron chi connectivity index (χ0n) is 18.0. The number of hydrogen-bond acceptors (Lipinski definition) is 6. The van der Waals surface area contributed by atoms with Crippen LogP contribution in [-0.4, -0.2) is 40.6 Å². The van der Waals surface area contributed by atoms with Crippen LogP contribution in [0.3, 0.4) is 0 Å². The highest BCUT2D eigenvalue weighted by Crippen LogP contribution is 2.33. The van der Waals surface area contributed by atoms with Crippen molar-refractivity contribution in [2.24, 2.45) is 0 Å². The molecule has 0 fully saturated rings. The normalized spacial score (nSPS) is 10.6. The summed E-state index contributed by atoms with van der Waals surface area (Å²) in [5.74, 6) is 1.10. The van der Waals surface area contributed by atoms with Gasteiger partial charge in [-0.1, -0.05) is 36.0 Å². The number of anilines is 1. The Morgan fingerprint density at radius 3 is 2.42 bits per heavy atom. The zero-order valence-corrected chi connectivity index (χ0v) is 18.8. The molecule has 0 aliphatic heterocycles. The van der Waals surface area contributed by atoms with Gasteiger partial charge < -0.3 is 14.8 Å². The standard InChI is InChI=1S/C24H21FN4O3S/c1-31-17-13-11-16(12-14-17)29-23(18-7-3-6-10-21(18)32-2)27-28-24(29)33-15-22(30)26-20-9-5-4-8-19(20)25/h3-14H,15H2,1-2H3,(H,26,30). The minimum absolute atomic E-state index is 0.0224. The van der Waals surface area contributed by atoms with Crippen molar-refractivity contribution >= 4 is 23.4 Å². The molecule has 4 aromatic rings. The van der Waals surface area contributed by atoms with Crippen LogP contribution in [-0.2, 0) is 4.79 Å². The number of nitrogens with zero attached hydrogens (tertiary/aromatic N) is 3. The molecule has 3 aromatic carbocycles. The van der Waals surface area contributed by atoms with Gasteiger partial charge in [0.15, 0.2) is 11.0 Å². The van der Waals surface area contributed by atoms with Crippen molar-refractivity contribution in [3.05, 3.63) is 78.6 Å². The van der Waals surface area contributed by atoms with E-state index < -0.39 is 5.82 Å². The van der Waals surface area contributed by atoms with Crippen molar-refractivity contribution in [2.45, 2.75) is 5.16 Å². The third-order valence-corrected chi connectivity index (χ3v) is 5.72. The summed E-state index contributed by atoms with van der Waals surface area (Å²) in [5.41, 5.74) is 1.68. The number of rotatable bonds is 8. The minimum Gasteiger partial charge on any atom is -0.497 e. The molecular formula is C24H21FN4O3S. The van der Waals surface area contributed by atoms with E-state index in [1.165, 1.54) is 23.9 Å². The second-order valence-corrected chi connectivity index (χ2v) is 7.80. The van der Waals surface area contributed by atoms with Crippen LogP contribution < -0.4 is 14.8 Å². The maximum atomic E-state index is 13.9. The first-order valence-electron chi connectivity index (χ1n) is 10.0. The molecule has 0 spiro atoms. The Balaban J connectivity index is 1.65. The first-order valence-corrected chi connectivity index (χ1v) is 11.0. The molecular weight excluding hydrogens is 443 g/mol. The number of para-hydroxylation sites is 2. The van der Waals surface area contributed by atoms with Gasteiger partial charge in [0.05, 0.1) is 36.9 Å². The van der Waals surface area contributed by atoms with E-state index in [1.54, 1.807) is 26.4 Å². The van der Waals surface area contributed by atoms with Crippen molar-refractivity contribution < 1.29 is 18.7 Å². The van der Waals surface area contributed by atoms with Crippen LogP contribution in [0.15, 0.2) is 78.0 Å². The molecule has 4 rings (SSSR count). The average molecular weight is 465 g/mol. The van der Waals surface area contributed by atoms with Crippen LogP contribution in [0.5, 0.6) is 11.5 Å². The van der Waals surface area contributed by atoms with E-state index in [0.717, 1.165) is 11.3 Å². The van der Waals surface area contributed by atoms with Gasteiger partial charge in [-0.15, -0.1) is 10.2 Å². The van der Waals surface area contributed by atoms with Crippen LogP contribution in [0, 0.1) is 5.82 Å². The van der Waals surface area contributed by atoms with E-state index in [1.807, 2.05) is 53.1 Å². The van der Waals surface area contributed by atoms with Gasteiger partial charge in [-0.25, -0.2) is 4.39 Å².